The molecule has 4 heterocycles. The molecular formula is C19H20N6O. The second-order valence-corrected chi connectivity index (χ2v) is 6.69. The molecular weight excluding hydrogens is 328 g/mol. The minimum absolute atomic E-state index is 0.0689. The van der Waals surface area contributed by atoms with E-state index in [9.17, 15) is 4.79 Å². The van der Waals surface area contributed by atoms with Gasteiger partial charge in [-0.15, -0.1) is 0 Å². The maximum atomic E-state index is 12.1. The summed E-state index contributed by atoms with van der Waals surface area (Å²) >= 11 is 0. The summed E-state index contributed by atoms with van der Waals surface area (Å²) < 4.78 is 1.57. The minimum Gasteiger partial charge on any atom is -0.297 e. The molecule has 0 bridgehead atoms. The van der Waals surface area contributed by atoms with Gasteiger partial charge in [0.05, 0.1) is 23.6 Å². The standard InChI is InChI=1S/C19H20N6O/c1-14-7-21-9-17(22-14)13-24-10-15(11-24)12-25-19(26)5-4-18(23-25)16-3-2-6-20-8-16/h2-9,15H,10-13H2,1H3. The Morgan fingerprint density at radius 2 is 2.00 bits per heavy atom. The van der Waals surface area contributed by atoms with Gasteiger partial charge in [-0.3, -0.25) is 24.6 Å². The zero-order valence-electron chi connectivity index (χ0n) is 14.6. The van der Waals surface area contributed by atoms with Crippen molar-refractivity contribution in [1.82, 2.24) is 29.6 Å². The normalized spacial score (nSPS) is 15.0. The quantitative estimate of drug-likeness (QED) is 0.696. The highest BCUT2D eigenvalue weighted by Crippen LogP contribution is 2.19. The molecule has 4 rings (SSSR count). The predicted molar refractivity (Wildman–Crippen MR) is 97.3 cm³/mol. The average Bonchev–Trinajstić information content (AvgIpc) is 2.62. The first kappa shape index (κ1) is 16.5. The Kier molecular flexibility index (Phi) is 4.53. The third-order valence-electron chi connectivity index (χ3n) is 4.48. The van der Waals surface area contributed by atoms with Crippen molar-refractivity contribution in [2.75, 3.05) is 13.1 Å². The van der Waals surface area contributed by atoms with Crippen molar-refractivity contribution in [2.45, 2.75) is 20.0 Å². The molecule has 0 aromatic carbocycles. The smallest absolute Gasteiger partial charge is 0.266 e. The monoisotopic (exact) mass is 348 g/mol. The fourth-order valence-electron chi connectivity index (χ4n) is 3.23. The second kappa shape index (κ2) is 7.13. The van der Waals surface area contributed by atoms with E-state index in [-0.39, 0.29) is 5.56 Å². The van der Waals surface area contributed by atoms with Gasteiger partial charge in [0.15, 0.2) is 0 Å². The SMILES string of the molecule is Cc1cncc(CN2CC(Cn3nc(-c4cccnc4)ccc3=O)C2)n1. The van der Waals surface area contributed by atoms with Crippen molar-refractivity contribution in [3.05, 3.63) is 70.8 Å². The van der Waals surface area contributed by atoms with Crippen LogP contribution in [0, 0.1) is 12.8 Å². The fourth-order valence-corrected chi connectivity index (χ4v) is 3.23. The molecule has 132 valence electrons. The summed E-state index contributed by atoms with van der Waals surface area (Å²) in [6.07, 6.45) is 7.05. The van der Waals surface area contributed by atoms with Crippen LogP contribution in [0.15, 0.2) is 53.8 Å². The van der Waals surface area contributed by atoms with Gasteiger partial charge in [-0.25, -0.2) is 4.68 Å². The van der Waals surface area contributed by atoms with Crippen molar-refractivity contribution in [3.63, 3.8) is 0 Å². The van der Waals surface area contributed by atoms with E-state index in [1.54, 1.807) is 35.4 Å². The highest BCUT2D eigenvalue weighted by Gasteiger charge is 2.27. The fraction of sp³-hybridized carbons (Fsp3) is 0.316. The molecule has 0 atom stereocenters. The topological polar surface area (TPSA) is 76.8 Å². The number of hydrogen-bond donors (Lipinski definition) is 0. The third-order valence-corrected chi connectivity index (χ3v) is 4.48. The van der Waals surface area contributed by atoms with Gasteiger partial charge in [0, 0.05) is 62.0 Å². The van der Waals surface area contributed by atoms with Crippen LogP contribution in [0.25, 0.3) is 11.3 Å². The van der Waals surface area contributed by atoms with Crippen molar-refractivity contribution < 1.29 is 0 Å². The molecule has 1 aliphatic heterocycles. The van der Waals surface area contributed by atoms with Crippen LogP contribution < -0.4 is 5.56 Å². The first-order valence-electron chi connectivity index (χ1n) is 8.66. The van der Waals surface area contributed by atoms with Gasteiger partial charge in [-0.05, 0) is 25.1 Å². The Balaban J connectivity index is 1.39. The first-order chi connectivity index (χ1) is 12.7. The largest absolute Gasteiger partial charge is 0.297 e. The molecule has 7 nitrogen and oxygen atoms in total. The van der Waals surface area contributed by atoms with Crippen molar-refractivity contribution in [3.8, 4) is 11.3 Å². The van der Waals surface area contributed by atoms with Crippen LogP contribution in [0.3, 0.4) is 0 Å². The molecule has 0 N–H and O–H groups in total. The Bertz CT molecular complexity index is 949. The average molecular weight is 348 g/mol. The van der Waals surface area contributed by atoms with E-state index < -0.39 is 0 Å². The molecule has 0 amide bonds. The zero-order chi connectivity index (χ0) is 17.9. The summed E-state index contributed by atoms with van der Waals surface area (Å²) in [5.74, 6) is 0.419. The lowest BCUT2D eigenvalue weighted by molar-refractivity contribution is 0.0753. The highest BCUT2D eigenvalue weighted by atomic mass is 16.1. The molecule has 0 unspecified atom stereocenters. The third kappa shape index (κ3) is 3.67. The van der Waals surface area contributed by atoms with Crippen LogP contribution in [0.4, 0.5) is 0 Å². The molecule has 26 heavy (non-hydrogen) atoms. The molecule has 0 spiro atoms. The molecule has 3 aromatic rings. The minimum atomic E-state index is -0.0689. The van der Waals surface area contributed by atoms with E-state index in [4.69, 9.17) is 0 Å². The number of hydrogen-bond acceptors (Lipinski definition) is 6. The van der Waals surface area contributed by atoms with E-state index in [0.717, 1.165) is 42.3 Å². The molecule has 7 heteroatoms. The van der Waals surface area contributed by atoms with Gasteiger partial charge >= 0.3 is 0 Å². The van der Waals surface area contributed by atoms with Crippen LogP contribution in [0.5, 0.6) is 0 Å². The second-order valence-electron chi connectivity index (χ2n) is 6.69. The van der Waals surface area contributed by atoms with Crippen LogP contribution in [-0.2, 0) is 13.1 Å². The molecule has 0 aliphatic carbocycles. The number of nitrogens with zero attached hydrogens (tertiary/aromatic N) is 6. The van der Waals surface area contributed by atoms with E-state index in [1.807, 2.05) is 25.3 Å². The molecule has 1 fully saturated rings. The van der Waals surface area contributed by atoms with E-state index in [1.165, 1.54) is 0 Å². The summed E-state index contributed by atoms with van der Waals surface area (Å²) in [7, 11) is 0. The van der Waals surface area contributed by atoms with Gasteiger partial charge in [-0.2, -0.15) is 5.10 Å². The summed E-state index contributed by atoms with van der Waals surface area (Å²) in [6.45, 7) is 5.23. The van der Waals surface area contributed by atoms with E-state index in [0.29, 0.717) is 12.5 Å². The van der Waals surface area contributed by atoms with Gasteiger partial charge in [0.1, 0.15) is 0 Å². The number of aromatic nitrogens is 5. The molecule has 1 saturated heterocycles. The van der Waals surface area contributed by atoms with Crippen molar-refractivity contribution >= 4 is 0 Å². The van der Waals surface area contributed by atoms with Crippen LogP contribution in [0.1, 0.15) is 11.4 Å². The van der Waals surface area contributed by atoms with Crippen LogP contribution in [-0.4, -0.2) is 42.7 Å². The van der Waals surface area contributed by atoms with Gasteiger partial charge in [-0.1, -0.05) is 0 Å². The van der Waals surface area contributed by atoms with Crippen molar-refractivity contribution in [1.29, 1.82) is 0 Å². The van der Waals surface area contributed by atoms with Gasteiger partial charge in [0.2, 0.25) is 0 Å². The number of rotatable bonds is 5. The maximum absolute atomic E-state index is 12.1. The summed E-state index contributed by atoms with van der Waals surface area (Å²) in [5.41, 5.74) is 3.53. The van der Waals surface area contributed by atoms with Crippen molar-refractivity contribution in [2.24, 2.45) is 5.92 Å². The van der Waals surface area contributed by atoms with Crippen LogP contribution >= 0.6 is 0 Å². The molecule has 0 saturated carbocycles. The zero-order valence-corrected chi connectivity index (χ0v) is 14.6. The van der Waals surface area contributed by atoms with Gasteiger partial charge < -0.3 is 0 Å². The lowest BCUT2D eigenvalue weighted by Gasteiger charge is -2.39. The molecule has 1 aliphatic rings. The van der Waals surface area contributed by atoms with E-state index >= 15 is 0 Å². The highest BCUT2D eigenvalue weighted by molar-refractivity contribution is 5.56. The molecule has 3 aromatic heterocycles. The predicted octanol–water partition coefficient (Wildman–Crippen LogP) is 1.54. The number of pyridine rings is 1. The van der Waals surface area contributed by atoms with Crippen LogP contribution in [0.2, 0.25) is 0 Å². The maximum Gasteiger partial charge on any atom is 0.266 e. The van der Waals surface area contributed by atoms with E-state index in [2.05, 4.69) is 25.0 Å². The summed E-state index contributed by atoms with van der Waals surface area (Å²) in [4.78, 5) is 27.2. The Hall–Kier alpha value is -2.93. The Morgan fingerprint density at radius 3 is 2.77 bits per heavy atom. The Morgan fingerprint density at radius 1 is 1.12 bits per heavy atom. The Labute approximate surface area is 151 Å². The number of likely N-dealkylation sites (tertiary alicyclic amines) is 1. The number of aryl methyl sites for hydroxylation is 1. The summed E-state index contributed by atoms with van der Waals surface area (Å²) in [5, 5.41) is 4.51. The van der Waals surface area contributed by atoms with Gasteiger partial charge in [0.25, 0.3) is 5.56 Å². The lowest BCUT2D eigenvalue weighted by Crippen LogP contribution is -2.49. The lowest BCUT2D eigenvalue weighted by atomic mass is 10.00. The summed E-state index contributed by atoms with van der Waals surface area (Å²) in [6, 6.07) is 7.13. The molecule has 0 radical (unpaired) electrons. The first-order valence-corrected chi connectivity index (χ1v) is 8.66.